The quantitative estimate of drug-likeness (QED) is 0.612. The highest BCUT2D eigenvalue weighted by molar-refractivity contribution is 6.15. The third-order valence-corrected chi connectivity index (χ3v) is 4.21. The Morgan fingerprint density at radius 3 is 1.86 bits per heavy atom. The van der Waals surface area contributed by atoms with Crippen LogP contribution in [0.3, 0.4) is 0 Å². The minimum atomic E-state index is 0.0788. The smallest absolute Gasteiger partial charge is 0.0374 e. The minimum absolute atomic E-state index is 0.0788. The van der Waals surface area contributed by atoms with Crippen molar-refractivity contribution in [1.29, 1.82) is 0 Å². The van der Waals surface area contributed by atoms with E-state index in [1.807, 2.05) is 0 Å². The average molecular weight is 274 g/mol. The molecule has 0 heterocycles. The topological polar surface area (TPSA) is 0 Å². The van der Waals surface area contributed by atoms with Crippen molar-refractivity contribution in [3.05, 3.63) is 82.9 Å². The second-order valence-corrected chi connectivity index (χ2v) is 6.41. The van der Waals surface area contributed by atoms with Crippen molar-refractivity contribution in [3.8, 4) is 0 Å². The minimum Gasteiger partial charge on any atom is -0.0792 e. The van der Waals surface area contributed by atoms with E-state index in [-0.39, 0.29) is 5.41 Å². The Hall–Kier alpha value is -2.08. The van der Waals surface area contributed by atoms with Crippen molar-refractivity contribution in [3.63, 3.8) is 0 Å². The highest BCUT2D eigenvalue weighted by Gasteiger charge is 2.48. The lowest BCUT2D eigenvalue weighted by molar-refractivity contribution is 0.852. The van der Waals surface area contributed by atoms with Crippen LogP contribution in [0.1, 0.15) is 37.5 Å². The Kier molecular flexibility index (Phi) is 3.33. The average Bonchev–Trinajstić information content (AvgIpc) is 3.05. The van der Waals surface area contributed by atoms with Crippen LogP contribution in [0.5, 0.6) is 0 Å². The molecule has 0 N–H and O–H groups in total. The van der Waals surface area contributed by atoms with Crippen LogP contribution >= 0.6 is 0 Å². The van der Waals surface area contributed by atoms with Gasteiger partial charge in [0.25, 0.3) is 0 Å². The summed E-state index contributed by atoms with van der Waals surface area (Å²) in [4.78, 5) is 0. The molecule has 0 nitrogen and oxygen atoms in total. The predicted molar refractivity (Wildman–Crippen MR) is 92.0 cm³/mol. The molecule has 106 valence electrons. The summed E-state index contributed by atoms with van der Waals surface area (Å²) in [6, 6.07) is 19.7. The molecule has 0 heteroatoms. The Morgan fingerprint density at radius 2 is 1.33 bits per heavy atom. The van der Waals surface area contributed by atoms with Gasteiger partial charge in [0.2, 0.25) is 0 Å². The molecule has 2 aromatic carbocycles. The summed E-state index contributed by atoms with van der Waals surface area (Å²) in [7, 11) is 0. The van der Waals surface area contributed by atoms with Crippen LogP contribution in [0, 0.1) is 12.3 Å². The van der Waals surface area contributed by atoms with Gasteiger partial charge in [-0.05, 0) is 50.0 Å². The lowest BCUT2D eigenvalue weighted by Crippen LogP contribution is -1.97. The van der Waals surface area contributed by atoms with Gasteiger partial charge in [0.05, 0.1) is 0 Å². The van der Waals surface area contributed by atoms with E-state index in [0.717, 1.165) is 0 Å². The predicted octanol–water partition coefficient (Wildman–Crippen LogP) is 5.89. The summed E-state index contributed by atoms with van der Waals surface area (Å²) in [5, 5.41) is 0. The number of hydrogen-bond donors (Lipinski definition) is 0. The fourth-order valence-corrected chi connectivity index (χ4v) is 3.32. The van der Waals surface area contributed by atoms with Gasteiger partial charge in [0.1, 0.15) is 0 Å². The highest BCUT2D eigenvalue weighted by atomic mass is 14.5. The third-order valence-electron chi connectivity index (χ3n) is 4.21. The number of benzene rings is 2. The first-order valence-electron chi connectivity index (χ1n) is 7.56. The van der Waals surface area contributed by atoms with E-state index < -0.39 is 0 Å². The maximum Gasteiger partial charge on any atom is 0.0374 e. The molecule has 0 amide bonds. The summed E-state index contributed by atoms with van der Waals surface area (Å²) < 4.78 is 0. The molecule has 1 aliphatic rings. The van der Waals surface area contributed by atoms with Gasteiger partial charge >= 0.3 is 0 Å². The molecule has 21 heavy (non-hydrogen) atoms. The van der Waals surface area contributed by atoms with Crippen molar-refractivity contribution in [2.75, 3.05) is 0 Å². The zero-order chi connectivity index (χ0) is 15.0. The highest BCUT2D eigenvalue weighted by Crippen LogP contribution is 2.64. The standard InChI is InChI=1S/C21H22/c1-15(2)14-21(4)19(17-8-6-5-7-9-17)20(21)18-12-10-16(3)11-13-18/h5-14H,1-4H3. The molecule has 1 atom stereocenters. The van der Waals surface area contributed by atoms with E-state index in [4.69, 9.17) is 0 Å². The normalized spacial score (nSPS) is 20.4. The lowest BCUT2D eigenvalue weighted by Gasteiger charge is -2.10. The van der Waals surface area contributed by atoms with Gasteiger partial charge in [-0.2, -0.15) is 0 Å². The van der Waals surface area contributed by atoms with E-state index in [2.05, 4.69) is 88.4 Å². The van der Waals surface area contributed by atoms with Crippen LogP contribution in [-0.4, -0.2) is 0 Å². The van der Waals surface area contributed by atoms with Gasteiger partial charge in [0.15, 0.2) is 0 Å². The first-order chi connectivity index (χ1) is 10.0. The van der Waals surface area contributed by atoms with E-state index in [1.165, 1.54) is 33.4 Å². The number of hydrogen-bond acceptors (Lipinski definition) is 0. The zero-order valence-corrected chi connectivity index (χ0v) is 13.3. The molecular weight excluding hydrogens is 252 g/mol. The van der Waals surface area contributed by atoms with Crippen LogP contribution in [0.25, 0.3) is 11.1 Å². The van der Waals surface area contributed by atoms with Crippen molar-refractivity contribution >= 4 is 11.1 Å². The Labute approximate surface area is 127 Å². The molecule has 2 aromatic rings. The molecule has 1 aliphatic carbocycles. The molecule has 0 bridgehead atoms. The molecule has 0 saturated heterocycles. The zero-order valence-electron chi connectivity index (χ0n) is 13.3. The Bertz CT molecular complexity index is 710. The van der Waals surface area contributed by atoms with Crippen molar-refractivity contribution < 1.29 is 0 Å². The van der Waals surface area contributed by atoms with Gasteiger partial charge in [-0.15, -0.1) is 0 Å². The van der Waals surface area contributed by atoms with Crippen LogP contribution in [0.15, 0.2) is 66.2 Å². The van der Waals surface area contributed by atoms with E-state index in [1.54, 1.807) is 0 Å². The van der Waals surface area contributed by atoms with Crippen LogP contribution in [-0.2, 0) is 0 Å². The maximum absolute atomic E-state index is 2.39. The van der Waals surface area contributed by atoms with Gasteiger partial charge in [-0.1, -0.05) is 71.8 Å². The summed E-state index contributed by atoms with van der Waals surface area (Å²) >= 11 is 0. The molecule has 1 unspecified atom stereocenters. The summed E-state index contributed by atoms with van der Waals surface area (Å²) in [5.74, 6) is 0. The van der Waals surface area contributed by atoms with Crippen molar-refractivity contribution in [1.82, 2.24) is 0 Å². The number of rotatable bonds is 3. The van der Waals surface area contributed by atoms with Crippen LogP contribution < -0.4 is 0 Å². The van der Waals surface area contributed by atoms with Gasteiger partial charge in [-0.25, -0.2) is 0 Å². The largest absolute Gasteiger partial charge is 0.0792 e. The second kappa shape index (κ2) is 5.04. The second-order valence-electron chi connectivity index (χ2n) is 6.41. The summed E-state index contributed by atoms with van der Waals surface area (Å²) in [6.45, 7) is 8.83. The molecule has 0 fully saturated rings. The Balaban J connectivity index is 2.10. The SMILES string of the molecule is CC(C)=CC1(C)C(c2ccccc2)=C1c1ccc(C)cc1. The number of aryl methyl sites for hydroxylation is 1. The molecule has 0 radical (unpaired) electrons. The lowest BCUT2D eigenvalue weighted by atomic mass is 9.92. The third kappa shape index (κ3) is 2.47. The molecule has 3 rings (SSSR count). The maximum atomic E-state index is 2.39. The summed E-state index contributed by atoms with van der Waals surface area (Å²) in [6.07, 6.45) is 2.39. The van der Waals surface area contributed by atoms with Gasteiger partial charge in [-0.3, -0.25) is 0 Å². The first kappa shape index (κ1) is 13.9. The first-order valence-corrected chi connectivity index (χ1v) is 7.56. The number of allylic oxidation sites excluding steroid dienone is 4. The van der Waals surface area contributed by atoms with E-state index in [0.29, 0.717) is 0 Å². The van der Waals surface area contributed by atoms with E-state index in [9.17, 15) is 0 Å². The molecule has 0 saturated carbocycles. The fraction of sp³-hybridized carbons (Fsp3) is 0.238. The van der Waals surface area contributed by atoms with Crippen LogP contribution in [0.4, 0.5) is 0 Å². The molecule has 0 spiro atoms. The van der Waals surface area contributed by atoms with Gasteiger partial charge < -0.3 is 0 Å². The molecule has 0 aromatic heterocycles. The monoisotopic (exact) mass is 274 g/mol. The summed E-state index contributed by atoms with van der Waals surface area (Å²) in [5.41, 5.74) is 8.38. The van der Waals surface area contributed by atoms with Crippen LogP contribution in [0.2, 0.25) is 0 Å². The molecular formula is C21H22. The Morgan fingerprint density at radius 1 is 0.810 bits per heavy atom. The van der Waals surface area contributed by atoms with Gasteiger partial charge in [0, 0.05) is 5.41 Å². The molecule has 0 aliphatic heterocycles. The fourth-order valence-electron chi connectivity index (χ4n) is 3.32. The van der Waals surface area contributed by atoms with Crippen molar-refractivity contribution in [2.45, 2.75) is 27.7 Å². The van der Waals surface area contributed by atoms with Crippen molar-refractivity contribution in [2.24, 2.45) is 5.41 Å². The van der Waals surface area contributed by atoms with E-state index >= 15 is 0 Å².